The molecule has 0 unspecified atom stereocenters. The third kappa shape index (κ3) is 5.34. The van der Waals surface area contributed by atoms with E-state index in [-0.39, 0.29) is 23.6 Å². The number of amides is 1. The molecule has 0 fully saturated rings. The summed E-state index contributed by atoms with van der Waals surface area (Å²) >= 11 is 4.82. The topological polar surface area (TPSA) is 130 Å². The summed E-state index contributed by atoms with van der Waals surface area (Å²) in [4.78, 5) is 11.0. The van der Waals surface area contributed by atoms with Gasteiger partial charge in [0.1, 0.15) is 24.4 Å². The van der Waals surface area contributed by atoms with E-state index in [4.69, 9.17) is 22.4 Å². The Morgan fingerprint density at radius 3 is 2.17 bits per heavy atom. The SMILES string of the molecule is CNC(=O)CCC(=S)[C@H](O)[C@@H](O)[C@H](O)[C@H](O)CO. The maximum atomic E-state index is 11.0. The first-order valence-corrected chi connectivity index (χ1v) is 5.82. The van der Waals surface area contributed by atoms with Crippen molar-refractivity contribution in [1.82, 2.24) is 5.32 Å². The Hall–Kier alpha value is -0.640. The standard InChI is InChI=1S/C10H19NO6S/c1-11-7(14)3-2-6(18)9(16)10(17)8(15)5(13)4-12/h5,8-10,12-13,15-17H,2-4H2,1H3,(H,11,14)/t5-,8-,9+,10+/m1/s1. The number of aliphatic hydroxyl groups is 5. The Morgan fingerprint density at radius 2 is 1.72 bits per heavy atom. The van der Waals surface area contributed by atoms with Gasteiger partial charge in [-0.15, -0.1) is 0 Å². The zero-order chi connectivity index (χ0) is 14.3. The zero-order valence-electron chi connectivity index (χ0n) is 9.98. The van der Waals surface area contributed by atoms with Gasteiger partial charge in [0, 0.05) is 18.3 Å². The summed E-state index contributed by atoms with van der Waals surface area (Å²) in [5.41, 5.74) is 0. The Morgan fingerprint density at radius 1 is 1.17 bits per heavy atom. The second-order valence-corrected chi connectivity index (χ2v) is 4.34. The van der Waals surface area contributed by atoms with E-state index in [2.05, 4.69) is 5.32 Å². The lowest BCUT2D eigenvalue weighted by atomic mass is 9.99. The molecular weight excluding hydrogens is 262 g/mol. The number of thiocarbonyl (C=S) groups is 1. The molecule has 0 aliphatic heterocycles. The highest BCUT2D eigenvalue weighted by Gasteiger charge is 2.32. The van der Waals surface area contributed by atoms with Crippen LogP contribution in [0.25, 0.3) is 0 Å². The van der Waals surface area contributed by atoms with Crippen LogP contribution < -0.4 is 5.32 Å². The lowest BCUT2D eigenvalue weighted by molar-refractivity contribution is -0.120. The molecule has 0 spiro atoms. The van der Waals surface area contributed by atoms with E-state index in [9.17, 15) is 20.1 Å². The van der Waals surface area contributed by atoms with E-state index in [1.165, 1.54) is 7.05 Å². The first kappa shape index (κ1) is 17.4. The first-order chi connectivity index (χ1) is 8.34. The van der Waals surface area contributed by atoms with Gasteiger partial charge in [0.25, 0.3) is 0 Å². The Bertz CT molecular complexity index is 288. The lowest BCUT2D eigenvalue weighted by Gasteiger charge is -2.26. The summed E-state index contributed by atoms with van der Waals surface area (Å²) in [6, 6.07) is 0. The molecule has 6 N–H and O–H groups in total. The van der Waals surface area contributed by atoms with Gasteiger partial charge in [-0.05, 0) is 6.42 Å². The molecule has 0 aromatic rings. The quantitative estimate of drug-likeness (QED) is 0.267. The zero-order valence-corrected chi connectivity index (χ0v) is 10.8. The fourth-order valence-corrected chi connectivity index (χ4v) is 1.46. The van der Waals surface area contributed by atoms with Crippen molar-refractivity contribution in [3.63, 3.8) is 0 Å². The molecule has 0 saturated heterocycles. The minimum Gasteiger partial charge on any atom is -0.394 e. The van der Waals surface area contributed by atoms with Gasteiger partial charge in [0.2, 0.25) is 5.91 Å². The van der Waals surface area contributed by atoms with Crippen molar-refractivity contribution >= 4 is 23.0 Å². The van der Waals surface area contributed by atoms with Gasteiger partial charge < -0.3 is 30.8 Å². The predicted molar refractivity (Wildman–Crippen MR) is 67.0 cm³/mol. The minimum absolute atomic E-state index is 0.00436. The van der Waals surface area contributed by atoms with Crippen molar-refractivity contribution in [1.29, 1.82) is 0 Å². The molecule has 0 radical (unpaired) electrons. The maximum absolute atomic E-state index is 11.0. The van der Waals surface area contributed by atoms with Crippen LogP contribution in [0.15, 0.2) is 0 Å². The molecule has 1 amide bonds. The first-order valence-electron chi connectivity index (χ1n) is 5.41. The van der Waals surface area contributed by atoms with Crippen LogP contribution in [0.3, 0.4) is 0 Å². The van der Waals surface area contributed by atoms with Crippen LogP contribution in [0.5, 0.6) is 0 Å². The van der Waals surface area contributed by atoms with E-state index in [1.54, 1.807) is 0 Å². The largest absolute Gasteiger partial charge is 0.394 e. The Labute approximate surface area is 110 Å². The van der Waals surface area contributed by atoms with Crippen LogP contribution in [-0.4, -0.2) is 74.4 Å². The van der Waals surface area contributed by atoms with Gasteiger partial charge >= 0.3 is 0 Å². The van der Waals surface area contributed by atoms with E-state index >= 15 is 0 Å². The van der Waals surface area contributed by atoms with Gasteiger partial charge in [0.15, 0.2) is 0 Å². The molecule has 0 aromatic carbocycles. The monoisotopic (exact) mass is 281 g/mol. The van der Waals surface area contributed by atoms with Crippen molar-refractivity contribution < 1.29 is 30.3 Å². The summed E-state index contributed by atoms with van der Waals surface area (Å²) in [5, 5.41) is 48.6. The van der Waals surface area contributed by atoms with Crippen LogP contribution in [0, 0.1) is 0 Å². The molecular formula is C10H19NO6S. The highest BCUT2D eigenvalue weighted by molar-refractivity contribution is 7.80. The second kappa shape index (κ2) is 8.46. The Kier molecular flexibility index (Phi) is 8.16. The van der Waals surface area contributed by atoms with Gasteiger partial charge in [-0.25, -0.2) is 0 Å². The van der Waals surface area contributed by atoms with Gasteiger partial charge in [-0.1, -0.05) is 12.2 Å². The van der Waals surface area contributed by atoms with Crippen molar-refractivity contribution in [2.24, 2.45) is 0 Å². The molecule has 8 heteroatoms. The number of rotatable bonds is 8. The highest BCUT2D eigenvalue weighted by Crippen LogP contribution is 2.09. The average Bonchev–Trinajstić information content (AvgIpc) is 2.40. The number of carbonyl (C=O) groups is 1. The summed E-state index contributed by atoms with van der Waals surface area (Å²) in [5.74, 6) is -0.269. The van der Waals surface area contributed by atoms with Crippen molar-refractivity contribution in [2.75, 3.05) is 13.7 Å². The fraction of sp³-hybridized carbons (Fsp3) is 0.800. The van der Waals surface area contributed by atoms with Crippen molar-refractivity contribution in [2.45, 2.75) is 37.3 Å². The summed E-state index contributed by atoms with van der Waals surface area (Å²) in [6.45, 7) is -0.754. The molecule has 0 aliphatic carbocycles. The molecule has 0 saturated carbocycles. The van der Waals surface area contributed by atoms with Crippen LogP contribution in [0.1, 0.15) is 12.8 Å². The number of carbonyl (C=O) groups excluding carboxylic acids is 1. The average molecular weight is 281 g/mol. The number of nitrogens with one attached hydrogen (secondary N) is 1. The van der Waals surface area contributed by atoms with E-state index in [1.807, 2.05) is 0 Å². The normalized spacial score (nSPS) is 17.7. The van der Waals surface area contributed by atoms with Crippen LogP contribution in [-0.2, 0) is 4.79 Å². The molecule has 106 valence electrons. The van der Waals surface area contributed by atoms with Crippen LogP contribution >= 0.6 is 12.2 Å². The Balaban J connectivity index is 4.31. The molecule has 0 bridgehead atoms. The lowest BCUT2D eigenvalue weighted by Crippen LogP contribution is -2.48. The molecule has 18 heavy (non-hydrogen) atoms. The van der Waals surface area contributed by atoms with Gasteiger partial charge in [-0.2, -0.15) is 0 Å². The van der Waals surface area contributed by atoms with Crippen molar-refractivity contribution in [3.05, 3.63) is 0 Å². The second-order valence-electron chi connectivity index (χ2n) is 3.82. The summed E-state index contributed by atoms with van der Waals surface area (Å²) < 4.78 is 0. The maximum Gasteiger partial charge on any atom is 0.220 e. The van der Waals surface area contributed by atoms with Gasteiger partial charge in [-0.3, -0.25) is 4.79 Å². The number of hydrogen-bond donors (Lipinski definition) is 6. The minimum atomic E-state index is -1.72. The molecule has 0 heterocycles. The highest BCUT2D eigenvalue weighted by atomic mass is 32.1. The third-order valence-electron chi connectivity index (χ3n) is 2.46. The summed E-state index contributed by atoms with van der Waals surface area (Å²) in [7, 11) is 1.46. The molecule has 4 atom stereocenters. The number of hydrogen-bond acceptors (Lipinski definition) is 7. The molecule has 0 aromatic heterocycles. The van der Waals surface area contributed by atoms with E-state index in [0.29, 0.717) is 0 Å². The number of aliphatic hydroxyl groups excluding tert-OH is 5. The van der Waals surface area contributed by atoms with E-state index in [0.717, 1.165) is 0 Å². The summed E-state index contributed by atoms with van der Waals surface area (Å²) in [6.07, 6.45) is -6.45. The molecule has 0 rings (SSSR count). The predicted octanol–water partition coefficient (Wildman–Crippen LogP) is -2.68. The van der Waals surface area contributed by atoms with E-state index < -0.39 is 31.0 Å². The molecule has 0 aliphatic rings. The fourth-order valence-electron chi connectivity index (χ4n) is 1.22. The third-order valence-corrected chi connectivity index (χ3v) is 2.91. The smallest absolute Gasteiger partial charge is 0.220 e. The molecule has 7 nitrogen and oxygen atoms in total. The van der Waals surface area contributed by atoms with Crippen LogP contribution in [0.2, 0.25) is 0 Å². The van der Waals surface area contributed by atoms with Crippen LogP contribution in [0.4, 0.5) is 0 Å². The van der Waals surface area contributed by atoms with Gasteiger partial charge in [0.05, 0.1) is 6.61 Å². The van der Waals surface area contributed by atoms with Crippen molar-refractivity contribution in [3.8, 4) is 0 Å².